The van der Waals surface area contributed by atoms with Crippen LogP contribution in [0, 0.1) is 5.92 Å². The van der Waals surface area contributed by atoms with Gasteiger partial charge < -0.3 is 9.84 Å². The lowest BCUT2D eigenvalue weighted by Gasteiger charge is -2.14. The van der Waals surface area contributed by atoms with E-state index in [1.165, 1.54) is 0 Å². The summed E-state index contributed by atoms with van der Waals surface area (Å²) in [7, 11) is 0. The molecule has 16 heavy (non-hydrogen) atoms. The summed E-state index contributed by atoms with van der Waals surface area (Å²) in [5, 5.41) is 9.05. The summed E-state index contributed by atoms with van der Waals surface area (Å²) in [5.41, 5.74) is 1.16. The van der Waals surface area contributed by atoms with Gasteiger partial charge in [0.2, 0.25) is 0 Å². The Morgan fingerprint density at radius 3 is 2.88 bits per heavy atom. The topological polar surface area (TPSA) is 46.5 Å². The quantitative estimate of drug-likeness (QED) is 0.829. The molecule has 1 N–H and O–H groups in total. The first-order chi connectivity index (χ1) is 7.70. The third-order valence-electron chi connectivity index (χ3n) is 2.86. The van der Waals surface area contributed by atoms with Crippen molar-refractivity contribution in [1.82, 2.24) is 0 Å². The minimum atomic E-state index is -0.857. The molecular weight excluding hydrogens is 204 g/mol. The molecule has 86 valence electrons. The van der Waals surface area contributed by atoms with Crippen LogP contribution in [0.3, 0.4) is 0 Å². The Morgan fingerprint density at radius 2 is 2.31 bits per heavy atom. The second-order valence-electron chi connectivity index (χ2n) is 4.22. The Balaban J connectivity index is 2.08. The highest BCUT2D eigenvalue weighted by molar-refractivity contribution is 5.73. The first kappa shape index (κ1) is 11.0. The molecule has 0 amide bonds. The summed E-state index contributed by atoms with van der Waals surface area (Å²) < 4.78 is 5.54. The SMILES string of the molecule is CCc1cccc(OC(C(=O)O)C2CC2)c1. The van der Waals surface area contributed by atoms with Gasteiger partial charge in [0.15, 0.2) is 6.10 Å². The third kappa shape index (κ3) is 2.54. The van der Waals surface area contributed by atoms with Crippen LogP contribution >= 0.6 is 0 Å². The molecular formula is C13H16O3. The summed E-state index contributed by atoms with van der Waals surface area (Å²) in [6.45, 7) is 2.06. The van der Waals surface area contributed by atoms with Gasteiger partial charge in [0.25, 0.3) is 0 Å². The second-order valence-corrected chi connectivity index (χ2v) is 4.22. The molecule has 0 radical (unpaired) electrons. The Morgan fingerprint density at radius 1 is 1.56 bits per heavy atom. The van der Waals surface area contributed by atoms with Crippen LogP contribution in [0.4, 0.5) is 0 Å². The molecule has 1 aliphatic carbocycles. The van der Waals surface area contributed by atoms with E-state index in [1.807, 2.05) is 24.3 Å². The standard InChI is InChI=1S/C13H16O3/c1-2-9-4-3-5-11(8-9)16-12(13(14)15)10-6-7-10/h3-5,8,10,12H,2,6-7H2,1H3,(H,14,15). The zero-order valence-electron chi connectivity index (χ0n) is 9.35. The molecule has 1 fully saturated rings. The Bertz CT molecular complexity index is 383. The van der Waals surface area contributed by atoms with E-state index in [-0.39, 0.29) is 5.92 Å². The van der Waals surface area contributed by atoms with Gasteiger partial charge in [-0.1, -0.05) is 19.1 Å². The fourth-order valence-corrected chi connectivity index (χ4v) is 1.73. The monoisotopic (exact) mass is 220 g/mol. The number of rotatable bonds is 5. The number of aliphatic carboxylic acids is 1. The number of hydrogen-bond acceptors (Lipinski definition) is 2. The number of aryl methyl sites for hydroxylation is 1. The lowest BCUT2D eigenvalue weighted by atomic mass is 10.1. The van der Waals surface area contributed by atoms with Gasteiger partial charge in [-0.25, -0.2) is 4.79 Å². The van der Waals surface area contributed by atoms with Gasteiger partial charge in [0.1, 0.15) is 5.75 Å². The van der Waals surface area contributed by atoms with E-state index in [2.05, 4.69) is 6.92 Å². The molecule has 1 aromatic carbocycles. The molecule has 0 saturated heterocycles. The predicted octanol–water partition coefficient (Wildman–Crippen LogP) is 2.49. The summed E-state index contributed by atoms with van der Waals surface area (Å²) in [5.74, 6) is 0.00540. The van der Waals surface area contributed by atoms with Crippen molar-refractivity contribution in [3.05, 3.63) is 29.8 Å². The fraction of sp³-hybridized carbons (Fsp3) is 0.462. The van der Waals surface area contributed by atoms with Crippen molar-refractivity contribution in [1.29, 1.82) is 0 Å². The van der Waals surface area contributed by atoms with E-state index < -0.39 is 12.1 Å². The highest BCUT2D eigenvalue weighted by Crippen LogP contribution is 2.35. The number of carbonyl (C=O) groups is 1. The van der Waals surface area contributed by atoms with Gasteiger partial charge in [-0.15, -0.1) is 0 Å². The maximum Gasteiger partial charge on any atom is 0.345 e. The van der Waals surface area contributed by atoms with Crippen LogP contribution in [-0.2, 0) is 11.2 Å². The third-order valence-corrected chi connectivity index (χ3v) is 2.86. The normalized spacial score (nSPS) is 16.8. The van der Waals surface area contributed by atoms with Crippen molar-refractivity contribution >= 4 is 5.97 Å². The van der Waals surface area contributed by atoms with Gasteiger partial charge >= 0.3 is 5.97 Å². The molecule has 0 spiro atoms. The minimum absolute atomic E-state index is 0.197. The Labute approximate surface area is 95.0 Å². The highest BCUT2D eigenvalue weighted by atomic mass is 16.5. The molecule has 1 aliphatic rings. The van der Waals surface area contributed by atoms with E-state index in [1.54, 1.807) is 0 Å². The van der Waals surface area contributed by atoms with Gasteiger partial charge in [-0.2, -0.15) is 0 Å². The van der Waals surface area contributed by atoms with Crippen LogP contribution < -0.4 is 4.74 Å². The van der Waals surface area contributed by atoms with Crippen molar-refractivity contribution in [3.8, 4) is 5.75 Å². The molecule has 3 heteroatoms. The van der Waals surface area contributed by atoms with E-state index in [0.717, 1.165) is 24.8 Å². The summed E-state index contributed by atoms with van der Waals surface area (Å²) >= 11 is 0. The zero-order chi connectivity index (χ0) is 11.5. The largest absolute Gasteiger partial charge is 0.478 e. The van der Waals surface area contributed by atoms with Crippen LogP contribution in [0.1, 0.15) is 25.3 Å². The van der Waals surface area contributed by atoms with E-state index >= 15 is 0 Å². The van der Waals surface area contributed by atoms with Crippen molar-refractivity contribution in [2.75, 3.05) is 0 Å². The number of carboxylic acids is 1. The summed E-state index contributed by atoms with van der Waals surface area (Å²) in [4.78, 5) is 11.0. The molecule has 2 rings (SSSR count). The predicted molar refractivity (Wildman–Crippen MR) is 60.6 cm³/mol. The van der Waals surface area contributed by atoms with Gasteiger partial charge in [-0.05, 0) is 37.0 Å². The molecule has 0 aromatic heterocycles. The van der Waals surface area contributed by atoms with Gasteiger partial charge in [0, 0.05) is 5.92 Å². The molecule has 3 nitrogen and oxygen atoms in total. The van der Waals surface area contributed by atoms with Crippen LogP contribution in [0.5, 0.6) is 5.75 Å². The van der Waals surface area contributed by atoms with Crippen molar-refractivity contribution in [2.24, 2.45) is 5.92 Å². The second kappa shape index (κ2) is 4.56. The van der Waals surface area contributed by atoms with E-state index in [9.17, 15) is 4.79 Å². The smallest absolute Gasteiger partial charge is 0.345 e. The molecule has 0 aliphatic heterocycles. The number of ether oxygens (including phenoxy) is 1. The average Bonchev–Trinajstić information content (AvgIpc) is 3.10. The molecule has 1 unspecified atom stereocenters. The Kier molecular flexibility index (Phi) is 3.13. The van der Waals surface area contributed by atoms with Gasteiger partial charge in [0.05, 0.1) is 0 Å². The van der Waals surface area contributed by atoms with Crippen LogP contribution in [-0.4, -0.2) is 17.2 Å². The van der Waals surface area contributed by atoms with Crippen LogP contribution in [0.2, 0.25) is 0 Å². The van der Waals surface area contributed by atoms with Crippen molar-refractivity contribution < 1.29 is 14.6 Å². The maximum absolute atomic E-state index is 11.0. The van der Waals surface area contributed by atoms with Crippen LogP contribution in [0.15, 0.2) is 24.3 Å². The molecule has 1 aromatic rings. The minimum Gasteiger partial charge on any atom is -0.478 e. The number of benzene rings is 1. The van der Waals surface area contributed by atoms with Crippen molar-refractivity contribution in [2.45, 2.75) is 32.3 Å². The lowest BCUT2D eigenvalue weighted by molar-refractivity contribution is -0.146. The van der Waals surface area contributed by atoms with Gasteiger partial charge in [-0.3, -0.25) is 0 Å². The van der Waals surface area contributed by atoms with Crippen LogP contribution in [0.25, 0.3) is 0 Å². The number of carboxylic acid groups (broad SMARTS) is 1. The zero-order valence-corrected chi connectivity index (χ0v) is 9.35. The molecule has 1 saturated carbocycles. The molecule has 0 heterocycles. The lowest BCUT2D eigenvalue weighted by Crippen LogP contribution is -2.29. The summed E-state index contributed by atoms with van der Waals surface area (Å²) in [6.07, 6.45) is 2.18. The average molecular weight is 220 g/mol. The molecule has 1 atom stereocenters. The van der Waals surface area contributed by atoms with E-state index in [0.29, 0.717) is 5.75 Å². The molecule has 0 bridgehead atoms. The first-order valence-electron chi connectivity index (χ1n) is 5.69. The Hall–Kier alpha value is -1.51. The fourth-order valence-electron chi connectivity index (χ4n) is 1.73. The van der Waals surface area contributed by atoms with Crippen molar-refractivity contribution in [3.63, 3.8) is 0 Å². The summed E-state index contributed by atoms with van der Waals surface area (Å²) in [6, 6.07) is 7.65. The van der Waals surface area contributed by atoms with E-state index in [4.69, 9.17) is 9.84 Å². The number of hydrogen-bond donors (Lipinski definition) is 1. The highest BCUT2D eigenvalue weighted by Gasteiger charge is 2.38. The first-order valence-corrected chi connectivity index (χ1v) is 5.69. The maximum atomic E-state index is 11.0.